The summed E-state index contributed by atoms with van der Waals surface area (Å²) in [5, 5.41) is 11.4. The van der Waals surface area contributed by atoms with Crippen LogP contribution in [0, 0.1) is 17.3 Å². The second kappa shape index (κ2) is 5.92. The first kappa shape index (κ1) is 16.2. The highest BCUT2D eigenvalue weighted by atomic mass is 35.5. The maximum Gasteiger partial charge on any atom is 0.312 e. The third kappa shape index (κ3) is 3.02. The van der Waals surface area contributed by atoms with Crippen molar-refractivity contribution in [1.29, 1.82) is 0 Å². The molecule has 4 saturated carbocycles. The van der Waals surface area contributed by atoms with Crippen LogP contribution >= 0.6 is 11.6 Å². The summed E-state index contributed by atoms with van der Waals surface area (Å²) in [7, 11) is 0. The number of rotatable bonds is 5. The number of benzene rings is 1. The van der Waals surface area contributed by atoms with Crippen molar-refractivity contribution < 1.29 is 19.4 Å². The summed E-state index contributed by atoms with van der Waals surface area (Å²) >= 11 is 5.83. The number of hydrogen-bond acceptors (Lipinski definition) is 4. The maximum atomic E-state index is 12.7. The Bertz CT molecular complexity index is 613. The average molecular weight is 351 g/mol. The van der Waals surface area contributed by atoms with Gasteiger partial charge in [-0.25, -0.2) is 0 Å². The van der Waals surface area contributed by atoms with Crippen molar-refractivity contribution in [3.8, 4) is 5.75 Å². The molecule has 0 aliphatic heterocycles. The van der Waals surface area contributed by atoms with E-state index >= 15 is 0 Å². The molecule has 0 amide bonds. The van der Waals surface area contributed by atoms with E-state index in [0.29, 0.717) is 35.6 Å². The van der Waals surface area contributed by atoms with Crippen LogP contribution in [0.25, 0.3) is 0 Å². The Hall–Kier alpha value is -1.26. The lowest BCUT2D eigenvalue weighted by Gasteiger charge is -2.58. The molecule has 1 aromatic carbocycles. The lowest BCUT2D eigenvalue weighted by Crippen LogP contribution is -2.58. The number of ether oxygens (including phenoxy) is 2. The van der Waals surface area contributed by atoms with Crippen LogP contribution in [0.1, 0.15) is 38.5 Å². The molecule has 4 bridgehead atoms. The van der Waals surface area contributed by atoms with E-state index in [1.165, 1.54) is 0 Å². The maximum absolute atomic E-state index is 12.7. The molecular weight excluding hydrogens is 328 g/mol. The van der Waals surface area contributed by atoms with Gasteiger partial charge in [-0.15, -0.1) is 0 Å². The molecule has 5 rings (SSSR count). The third-order valence-corrected chi connectivity index (χ3v) is 6.11. The molecule has 1 aromatic rings. The van der Waals surface area contributed by atoms with Crippen LogP contribution in [0.5, 0.6) is 5.75 Å². The van der Waals surface area contributed by atoms with Gasteiger partial charge in [0.1, 0.15) is 19.0 Å². The van der Waals surface area contributed by atoms with E-state index in [-0.39, 0.29) is 12.6 Å². The molecule has 4 aliphatic carbocycles. The fourth-order valence-corrected chi connectivity index (χ4v) is 5.56. The lowest BCUT2D eigenvalue weighted by atomic mass is 9.48. The predicted molar refractivity (Wildman–Crippen MR) is 90.0 cm³/mol. The summed E-state index contributed by atoms with van der Waals surface area (Å²) in [6.45, 7) is 0.553. The van der Waals surface area contributed by atoms with Gasteiger partial charge in [0.15, 0.2) is 0 Å². The van der Waals surface area contributed by atoms with Gasteiger partial charge in [0.2, 0.25) is 0 Å². The molecule has 0 radical (unpaired) electrons. The first-order valence-corrected chi connectivity index (χ1v) is 9.12. The van der Waals surface area contributed by atoms with E-state index in [9.17, 15) is 9.90 Å². The van der Waals surface area contributed by atoms with Crippen LogP contribution in [0.15, 0.2) is 24.3 Å². The van der Waals surface area contributed by atoms with Gasteiger partial charge in [0, 0.05) is 5.02 Å². The van der Waals surface area contributed by atoms with E-state index in [2.05, 4.69) is 0 Å². The van der Waals surface area contributed by atoms with Gasteiger partial charge in [-0.3, -0.25) is 4.79 Å². The first-order chi connectivity index (χ1) is 11.5. The van der Waals surface area contributed by atoms with E-state index < -0.39 is 11.0 Å². The molecule has 4 fully saturated rings. The highest BCUT2D eigenvalue weighted by molar-refractivity contribution is 6.30. The van der Waals surface area contributed by atoms with E-state index in [1.54, 1.807) is 24.3 Å². The van der Waals surface area contributed by atoms with Crippen LogP contribution in [-0.4, -0.2) is 29.9 Å². The lowest BCUT2D eigenvalue weighted by molar-refractivity contribution is -0.196. The molecule has 2 atom stereocenters. The summed E-state index contributed by atoms with van der Waals surface area (Å²) in [6, 6.07) is 7.11. The first-order valence-electron chi connectivity index (χ1n) is 8.74. The molecule has 24 heavy (non-hydrogen) atoms. The number of halogens is 1. The molecular formula is C19H23ClO4. The molecule has 0 saturated heterocycles. The van der Waals surface area contributed by atoms with Gasteiger partial charge >= 0.3 is 5.97 Å². The molecule has 0 spiro atoms. The monoisotopic (exact) mass is 350 g/mol. The highest BCUT2D eigenvalue weighted by Crippen LogP contribution is 2.61. The minimum atomic E-state index is -0.636. The Balaban J connectivity index is 1.31. The standard InChI is InChI=1S/C19H23ClO4/c20-15-1-3-16(4-2-15)23-5-6-24-17(21)18-8-13-7-14(9-18)11-19(22,10-13)12-18/h1-4,13-14,22H,5-12H2/t13-,14-,18?,19?/m1/s1. The minimum Gasteiger partial charge on any atom is -0.490 e. The van der Waals surface area contributed by atoms with Crippen LogP contribution in [0.4, 0.5) is 0 Å². The van der Waals surface area contributed by atoms with Crippen molar-refractivity contribution in [3.05, 3.63) is 29.3 Å². The summed E-state index contributed by atoms with van der Waals surface area (Å²) in [5.41, 5.74) is -1.10. The summed E-state index contributed by atoms with van der Waals surface area (Å²) in [5.74, 6) is 1.53. The summed E-state index contributed by atoms with van der Waals surface area (Å²) in [6.07, 6.45) is 5.21. The second-order valence-corrected chi connectivity index (χ2v) is 8.34. The Labute approximate surface area is 147 Å². The zero-order valence-corrected chi connectivity index (χ0v) is 14.4. The van der Waals surface area contributed by atoms with Gasteiger partial charge in [-0.2, -0.15) is 0 Å². The van der Waals surface area contributed by atoms with Crippen LogP contribution in [0.3, 0.4) is 0 Å². The molecule has 0 unspecified atom stereocenters. The van der Waals surface area contributed by atoms with Gasteiger partial charge in [0.25, 0.3) is 0 Å². The number of carbonyl (C=O) groups is 1. The SMILES string of the molecule is O=C(OCCOc1ccc(Cl)cc1)C12C[C@H]3C[C@@H](CC(O)(C3)C1)C2. The average Bonchev–Trinajstić information content (AvgIpc) is 2.50. The Kier molecular flexibility index (Phi) is 4.00. The molecule has 0 aromatic heterocycles. The number of aliphatic hydroxyl groups is 1. The fraction of sp³-hybridized carbons (Fsp3) is 0.632. The second-order valence-electron chi connectivity index (χ2n) is 7.90. The Morgan fingerprint density at radius 1 is 1.12 bits per heavy atom. The number of carbonyl (C=O) groups excluding carboxylic acids is 1. The van der Waals surface area contributed by atoms with E-state index in [4.69, 9.17) is 21.1 Å². The molecule has 1 N–H and O–H groups in total. The molecule has 4 nitrogen and oxygen atoms in total. The quantitative estimate of drug-likeness (QED) is 0.651. The minimum absolute atomic E-state index is 0.144. The smallest absolute Gasteiger partial charge is 0.312 e. The topological polar surface area (TPSA) is 55.8 Å². The Morgan fingerprint density at radius 2 is 1.79 bits per heavy atom. The highest BCUT2D eigenvalue weighted by Gasteiger charge is 2.60. The van der Waals surface area contributed by atoms with E-state index in [0.717, 1.165) is 32.1 Å². The fourth-order valence-electron chi connectivity index (χ4n) is 5.43. The van der Waals surface area contributed by atoms with Gasteiger partial charge in [-0.1, -0.05) is 11.6 Å². The van der Waals surface area contributed by atoms with Crippen molar-refractivity contribution in [2.24, 2.45) is 17.3 Å². The summed E-state index contributed by atoms with van der Waals surface area (Å²) in [4.78, 5) is 12.7. The molecule has 130 valence electrons. The van der Waals surface area contributed by atoms with Crippen molar-refractivity contribution in [2.45, 2.75) is 44.1 Å². The number of hydrogen-bond donors (Lipinski definition) is 1. The number of esters is 1. The largest absolute Gasteiger partial charge is 0.490 e. The third-order valence-electron chi connectivity index (χ3n) is 5.86. The molecule has 0 heterocycles. The zero-order chi connectivity index (χ0) is 16.8. The molecule has 5 heteroatoms. The van der Waals surface area contributed by atoms with Crippen LogP contribution in [-0.2, 0) is 9.53 Å². The van der Waals surface area contributed by atoms with Crippen molar-refractivity contribution >= 4 is 17.6 Å². The van der Waals surface area contributed by atoms with Crippen LogP contribution < -0.4 is 4.74 Å². The summed E-state index contributed by atoms with van der Waals surface area (Å²) < 4.78 is 11.1. The predicted octanol–water partition coefficient (Wildman–Crippen LogP) is 3.59. The van der Waals surface area contributed by atoms with Crippen molar-refractivity contribution in [1.82, 2.24) is 0 Å². The van der Waals surface area contributed by atoms with E-state index in [1.807, 2.05) is 0 Å². The molecule has 4 aliphatic rings. The van der Waals surface area contributed by atoms with Crippen molar-refractivity contribution in [2.75, 3.05) is 13.2 Å². The van der Waals surface area contributed by atoms with Gasteiger partial charge < -0.3 is 14.6 Å². The zero-order valence-electron chi connectivity index (χ0n) is 13.7. The normalized spacial score (nSPS) is 36.6. The van der Waals surface area contributed by atoms with Gasteiger partial charge in [-0.05, 0) is 74.6 Å². The Morgan fingerprint density at radius 3 is 2.42 bits per heavy atom. The van der Waals surface area contributed by atoms with Crippen molar-refractivity contribution in [3.63, 3.8) is 0 Å². The van der Waals surface area contributed by atoms with Gasteiger partial charge in [0.05, 0.1) is 11.0 Å². The van der Waals surface area contributed by atoms with Crippen LogP contribution in [0.2, 0.25) is 5.02 Å².